The number of carbonyl (C=O) groups excluding carboxylic acids is 3. The summed E-state index contributed by atoms with van der Waals surface area (Å²) >= 11 is 0. The zero-order valence-electron chi connectivity index (χ0n) is 26.6. The molecule has 2 amide bonds. The first kappa shape index (κ1) is 33.3. The first-order valence-electron chi connectivity index (χ1n) is 16.5. The lowest BCUT2D eigenvalue weighted by Gasteiger charge is -2.35. The predicted molar refractivity (Wildman–Crippen MR) is 174 cm³/mol. The van der Waals surface area contributed by atoms with Gasteiger partial charge in [0.2, 0.25) is 5.91 Å². The SMILES string of the molecule is C[C@H](CF)C1CCC(C(=O)N2CC[C@H](c3ccccc3)[C@H]2C(=O)Cc2ccc3oc(C(=O)NS(=O)(=O)N4CCOCC4)cc3c2)CC1. The molecule has 2 saturated heterocycles. The fraction of sp³-hybridized carbons (Fsp3) is 0.514. The Hall–Kier alpha value is -3.61. The number of carbonyl (C=O) groups is 3. The van der Waals surface area contributed by atoms with Crippen molar-refractivity contribution in [3.05, 3.63) is 71.5 Å². The van der Waals surface area contributed by atoms with Crippen molar-refractivity contribution in [2.24, 2.45) is 17.8 Å². The number of ketones is 1. The summed E-state index contributed by atoms with van der Waals surface area (Å²) in [5.74, 6) is -1.11. The molecule has 3 fully saturated rings. The molecule has 2 aromatic carbocycles. The number of ether oxygens (including phenoxy) is 1. The maximum Gasteiger partial charge on any atom is 0.304 e. The van der Waals surface area contributed by atoms with E-state index in [9.17, 15) is 27.2 Å². The number of rotatable bonds is 10. The third-order valence-corrected chi connectivity index (χ3v) is 11.6. The van der Waals surface area contributed by atoms with Gasteiger partial charge in [-0.2, -0.15) is 12.7 Å². The number of benzene rings is 2. The van der Waals surface area contributed by atoms with Gasteiger partial charge in [0, 0.05) is 43.3 Å². The Morgan fingerprint density at radius 3 is 2.38 bits per heavy atom. The van der Waals surface area contributed by atoms with Gasteiger partial charge < -0.3 is 14.1 Å². The number of halogens is 1. The maximum atomic E-state index is 14.1. The Morgan fingerprint density at radius 2 is 1.68 bits per heavy atom. The van der Waals surface area contributed by atoms with E-state index in [4.69, 9.17) is 9.15 Å². The summed E-state index contributed by atoms with van der Waals surface area (Å²) in [6, 6.07) is 15.9. The summed E-state index contributed by atoms with van der Waals surface area (Å²) in [7, 11) is -4.06. The van der Waals surface area contributed by atoms with Gasteiger partial charge in [-0.1, -0.05) is 43.3 Å². The second-order valence-electron chi connectivity index (χ2n) is 13.1. The van der Waals surface area contributed by atoms with E-state index >= 15 is 0 Å². The Kier molecular flexibility index (Phi) is 10.1. The van der Waals surface area contributed by atoms with Crippen LogP contribution in [-0.2, 0) is 31.0 Å². The van der Waals surface area contributed by atoms with E-state index in [1.165, 1.54) is 6.07 Å². The molecule has 1 N–H and O–H groups in total. The fourth-order valence-electron chi connectivity index (χ4n) is 7.42. The Bertz CT molecular complexity index is 1700. The monoisotopic (exact) mass is 667 g/mol. The minimum absolute atomic E-state index is 0.00390. The molecule has 1 saturated carbocycles. The average Bonchev–Trinajstić information content (AvgIpc) is 3.73. The smallest absolute Gasteiger partial charge is 0.304 e. The number of Topliss-reactive ketones (excluding diaryl/α,β-unsaturated/α-hetero) is 1. The van der Waals surface area contributed by atoms with E-state index in [2.05, 4.69) is 4.72 Å². The van der Waals surface area contributed by atoms with Gasteiger partial charge in [-0.3, -0.25) is 18.8 Å². The van der Waals surface area contributed by atoms with E-state index in [0.717, 1.165) is 22.7 Å². The highest BCUT2D eigenvalue weighted by molar-refractivity contribution is 7.87. The molecular weight excluding hydrogens is 625 g/mol. The van der Waals surface area contributed by atoms with Crippen LogP contribution in [0.5, 0.6) is 0 Å². The number of likely N-dealkylation sites (tertiary alicyclic amines) is 1. The zero-order chi connectivity index (χ0) is 33.1. The predicted octanol–water partition coefficient (Wildman–Crippen LogP) is 4.65. The summed E-state index contributed by atoms with van der Waals surface area (Å²) in [5, 5.41) is 0.558. The molecule has 3 aromatic rings. The first-order chi connectivity index (χ1) is 22.6. The minimum atomic E-state index is -4.06. The van der Waals surface area contributed by atoms with Gasteiger partial charge in [0.1, 0.15) is 5.58 Å². The van der Waals surface area contributed by atoms with Gasteiger partial charge in [-0.15, -0.1) is 0 Å². The highest BCUT2D eigenvalue weighted by Crippen LogP contribution is 2.39. The van der Waals surface area contributed by atoms with Crippen LogP contribution in [0.2, 0.25) is 0 Å². The number of furan rings is 1. The lowest BCUT2D eigenvalue weighted by molar-refractivity contribution is -0.142. The van der Waals surface area contributed by atoms with Crippen LogP contribution in [0, 0.1) is 17.8 Å². The molecule has 3 heterocycles. The van der Waals surface area contributed by atoms with Crippen LogP contribution in [0.4, 0.5) is 4.39 Å². The van der Waals surface area contributed by atoms with Gasteiger partial charge in [-0.05, 0) is 73.3 Å². The molecule has 2 aliphatic heterocycles. The number of nitrogens with zero attached hydrogens (tertiary/aromatic N) is 2. The lowest BCUT2D eigenvalue weighted by atomic mass is 9.76. The Morgan fingerprint density at radius 1 is 0.957 bits per heavy atom. The van der Waals surface area contributed by atoms with Crippen LogP contribution in [0.25, 0.3) is 11.0 Å². The number of fused-ring (bicyclic) bond motifs is 1. The van der Waals surface area contributed by atoms with Crippen molar-refractivity contribution in [1.29, 1.82) is 0 Å². The Labute approximate surface area is 274 Å². The van der Waals surface area contributed by atoms with Gasteiger partial charge in [0.05, 0.1) is 25.9 Å². The molecule has 1 aliphatic carbocycles. The number of nitrogens with one attached hydrogen (secondary N) is 1. The molecule has 0 unspecified atom stereocenters. The lowest BCUT2D eigenvalue weighted by Crippen LogP contribution is -2.48. The van der Waals surface area contributed by atoms with Crippen molar-refractivity contribution >= 4 is 38.8 Å². The van der Waals surface area contributed by atoms with Crippen LogP contribution in [0.1, 0.15) is 66.6 Å². The van der Waals surface area contributed by atoms with Gasteiger partial charge >= 0.3 is 16.1 Å². The number of hydrogen-bond acceptors (Lipinski definition) is 7. The quantitative estimate of drug-likeness (QED) is 0.334. The standard InChI is InChI=1S/C35H42FN3O7S/c1-23(22-36)25-8-10-27(11-9-25)35(42)39-14-13-29(26-5-3-2-4-6-26)33(39)30(40)20-24-7-12-31-28(19-24)21-32(46-31)34(41)37-47(43,44)38-15-17-45-18-16-38/h2-7,12,19,21,23,25,27,29,33H,8-11,13-18,20,22H2,1H3,(H,37,41)/t23-,25?,27?,29-,33+/m1/s1. The summed E-state index contributed by atoms with van der Waals surface area (Å²) in [5.41, 5.74) is 2.10. The molecule has 6 rings (SSSR count). The molecule has 0 spiro atoms. The number of hydrogen-bond donors (Lipinski definition) is 1. The van der Waals surface area contributed by atoms with Crippen molar-refractivity contribution in [1.82, 2.24) is 13.9 Å². The number of amides is 2. The molecule has 0 radical (unpaired) electrons. The highest BCUT2D eigenvalue weighted by Gasteiger charge is 2.44. The van der Waals surface area contributed by atoms with Crippen molar-refractivity contribution in [3.8, 4) is 0 Å². The Balaban J connectivity index is 1.18. The summed E-state index contributed by atoms with van der Waals surface area (Å²) in [6.07, 6.45) is 3.82. The summed E-state index contributed by atoms with van der Waals surface area (Å²) in [4.78, 5) is 42.7. The topological polar surface area (TPSA) is 126 Å². The van der Waals surface area contributed by atoms with Crippen molar-refractivity contribution in [2.45, 2.75) is 57.4 Å². The first-order valence-corrected chi connectivity index (χ1v) is 17.9. The van der Waals surface area contributed by atoms with Gasteiger partial charge in [0.25, 0.3) is 0 Å². The van der Waals surface area contributed by atoms with Gasteiger partial charge in [0.15, 0.2) is 11.5 Å². The van der Waals surface area contributed by atoms with E-state index in [1.807, 2.05) is 37.3 Å². The largest absolute Gasteiger partial charge is 0.451 e. The summed E-state index contributed by atoms with van der Waals surface area (Å²) in [6.45, 7) is 2.89. The van der Waals surface area contributed by atoms with Gasteiger partial charge in [-0.25, -0.2) is 4.72 Å². The molecule has 1 aromatic heterocycles. The molecule has 0 bridgehead atoms. The number of alkyl halides is 1. The van der Waals surface area contributed by atoms with Crippen LogP contribution < -0.4 is 4.72 Å². The molecule has 3 atom stereocenters. The molecule has 10 nitrogen and oxygen atoms in total. The molecule has 3 aliphatic rings. The third-order valence-electron chi connectivity index (χ3n) is 10.1. The number of morpholine rings is 1. The van der Waals surface area contributed by atoms with Crippen molar-refractivity contribution in [3.63, 3.8) is 0 Å². The normalized spacial score (nSPS) is 24.7. The second-order valence-corrected chi connectivity index (χ2v) is 14.8. The maximum absolute atomic E-state index is 14.1. The minimum Gasteiger partial charge on any atom is -0.451 e. The van der Waals surface area contributed by atoms with E-state index in [1.54, 1.807) is 23.1 Å². The van der Waals surface area contributed by atoms with E-state index in [0.29, 0.717) is 42.3 Å². The second kappa shape index (κ2) is 14.2. The molecule has 12 heteroatoms. The van der Waals surface area contributed by atoms with Crippen molar-refractivity contribution in [2.75, 3.05) is 39.5 Å². The van der Waals surface area contributed by atoms with Crippen LogP contribution >= 0.6 is 0 Å². The zero-order valence-corrected chi connectivity index (χ0v) is 27.4. The van der Waals surface area contributed by atoms with E-state index < -0.39 is 22.2 Å². The van der Waals surface area contributed by atoms with Crippen LogP contribution in [0.3, 0.4) is 0 Å². The molecule has 252 valence electrons. The fourth-order valence-corrected chi connectivity index (χ4v) is 8.52. The van der Waals surface area contributed by atoms with Crippen molar-refractivity contribution < 1.29 is 36.3 Å². The molecular formula is C35H42FN3O7S. The van der Waals surface area contributed by atoms with Crippen LogP contribution in [0.15, 0.2) is 59.0 Å². The third kappa shape index (κ3) is 7.29. The van der Waals surface area contributed by atoms with E-state index in [-0.39, 0.29) is 80.5 Å². The van der Waals surface area contributed by atoms with Crippen LogP contribution in [-0.4, -0.2) is 80.8 Å². The average molecular weight is 668 g/mol. The molecule has 47 heavy (non-hydrogen) atoms. The highest BCUT2D eigenvalue weighted by atomic mass is 32.2. The summed E-state index contributed by atoms with van der Waals surface area (Å²) < 4.78 is 52.7.